The molecule has 0 spiro atoms. The number of rotatable bonds is 7. The number of pyridine rings is 1. The lowest BCUT2D eigenvalue weighted by atomic mass is 9.85. The SMILES string of the molecule is Cl.Cl.O=C(OC(CN1CCN(c2ccccn2)CC1)CN1C(=O)C2C3C=C[C@@H](C3)[C@@H]2C1=O)C1CCCCC1. The molecule has 6 rings (SSSR count). The number of esters is 1. The van der Waals surface area contributed by atoms with Crippen molar-refractivity contribution in [3.63, 3.8) is 0 Å². The Kier molecular flexibility index (Phi) is 9.37. The van der Waals surface area contributed by atoms with Crippen molar-refractivity contribution in [3.05, 3.63) is 36.5 Å². The van der Waals surface area contributed by atoms with E-state index in [1.54, 1.807) is 0 Å². The van der Waals surface area contributed by atoms with Crippen LogP contribution < -0.4 is 4.90 Å². The van der Waals surface area contributed by atoms with Gasteiger partial charge in [0.15, 0.2) is 0 Å². The van der Waals surface area contributed by atoms with Crippen molar-refractivity contribution in [1.82, 2.24) is 14.8 Å². The Morgan fingerprint density at radius 1 is 0.921 bits per heavy atom. The number of ether oxygens (including phenoxy) is 1. The summed E-state index contributed by atoms with van der Waals surface area (Å²) >= 11 is 0. The van der Waals surface area contributed by atoms with Gasteiger partial charge in [-0.15, -0.1) is 24.8 Å². The molecule has 5 aliphatic rings. The van der Waals surface area contributed by atoms with Gasteiger partial charge in [0.1, 0.15) is 11.9 Å². The number of aromatic nitrogens is 1. The Bertz CT molecular complexity index is 997. The van der Waals surface area contributed by atoms with E-state index < -0.39 is 6.10 Å². The van der Waals surface area contributed by atoms with Crippen LogP contribution in [0.5, 0.6) is 0 Å². The van der Waals surface area contributed by atoms with Crippen LogP contribution in [0.4, 0.5) is 5.82 Å². The van der Waals surface area contributed by atoms with E-state index in [0.717, 1.165) is 64.1 Å². The van der Waals surface area contributed by atoms with E-state index in [-0.39, 0.29) is 78.7 Å². The minimum atomic E-state index is -0.502. The maximum Gasteiger partial charge on any atom is 0.309 e. The van der Waals surface area contributed by atoms with Crippen molar-refractivity contribution in [2.24, 2.45) is 29.6 Å². The Hall–Kier alpha value is -2.16. The summed E-state index contributed by atoms with van der Waals surface area (Å²) in [6.45, 7) is 4.00. The van der Waals surface area contributed by atoms with Gasteiger partial charge >= 0.3 is 5.97 Å². The van der Waals surface area contributed by atoms with Gasteiger partial charge < -0.3 is 9.64 Å². The normalized spacial score (nSPS) is 29.6. The van der Waals surface area contributed by atoms with Crippen molar-refractivity contribution < 1.29 is 19.1 Å². The molecule has 2 amide bonds. The van der Waals surface area contributed by atoms with Crippen molar-refractivity contribution in [2.75, 3.05) is 44.2 Å². The lowest BCUT2D eigenvalue weighted by molar-refractivity contribution is -0.160. The van der Waals surface area contributed by atoms with Gasteiger partial charge in [-0.1, -0.05) is 37.5 Å². The van der Waals surface area contributed by atoms with Crippen LogP contribution >= 0.6 is 24.8 Å². The van der Waals surface area contributed by atoms with Gasteiger partial charge in [-0.3, -0.25) is 24.2 Å². The second-order valence-electron chi connectivity index (χ2n) is 11.2. The zero-order valence-corrected chi connectivity index (χ0v) is 23.3. The maximum absolute atomic E-state index is 13.3. The summed E-state index contributed by atoms with van der Waals surface area (Å²) in [4.78, 5) is 50.1. The molecule has 0 N–H and O–H groups in total. The van der Waals surface area contributed by atoms with Gasteiger partial charge in [0.25, 0.3) is 0 Å². The monoisotopic (exact) mass is 564 g/mol. The smallest absolute Gasteiger partial charge is 0.309 e. The van der Waals surface area contributed by atoms with Crippen LogP contribution in [0.1, 0.15) is 38.5 Å². The summed E-state index contributed by atoms with van der Waals surface area (Å²) in [6, 6.07) is 5.94. The highest BCUT2D eigenvalue weighted by Crippen LogP contribution is 2.52. The Labute approximate surface area is 237 Å². The predicted molar refractivity (Wildman–Crippen MR) is 148 cm³/mol. The number of fused-ring (bicyclic) bond motifs is 5. The van der Waals surface area contributed by atoms with Crippen LogP contribution in [0.15, 0.2) is 36.5 Å². The molecule has 3 unspecified atom stereocenters. The highest BCUT2D eigenvalue weighted by molar-refractivity contribution is 6.06. The van der Waals surface area contributed by atoms with Gasteiger partial charge in [-0.05, 0) is 43.2 Å². The second-order valence-corrected chi connectivity index (χ2v) is 11.2. The quantitative estimate of drug-likeness (QED) is 0.285. The number of halogens is 2. The van der Waals surface area contributed by atoms with Crippen LogP contribution in [0, 0.1) is 29.6 Å². The van der Waals surface area contributed by atoms with Crippen LogP contribution in [0.25, 0.3) is 0 Å². The van der Waals surface area contributed by atoms with Gasteiger partial charge in [0.2, 0.25) is 11.8 Å². The zero-order chi connectivity index (χ0) is 24.6. The topological polar surface area (TPSA) is 83.1 Å². The number of hydrogen-bond donors (Lipinski definition) is 0. The summed E-state index contributed by atoms with van der Waals surface area (Å²) in [5.41, 5.74) is 0. The number of imide groups is 1. The van der Waals surface area contributed by atoms with E-state index in [4.69, 9.17) is 4.74 Å². The first-order valence-corrected chi connectivity index (χ1v) is 13.7. The van der Waals surface area contributed by atoms with E-state index in [1.807, 2.05) is 24.4 Å². The van der Waals surface area contributed by atoms with E-state index in [1.165, 1.54) is 11.3 Å². The third-order valence-corrected chi connectivity index (χ3v) is 8.98. The van der Waals surface area contributed by atoms with Crippen molar-refractivity contribution in [2.45, 2.75) is 44.6 Å². The minimum Gasteiger partial charge on any atom is -0.459 e. The average molecular weight is 566 g/mol. The number of nitrogens with zero attached hydrogens (tertiary/aromatic N) is 4. The summed E-state index contributed by atoms with van der Waals surface area (Å²) in [6.07, 6.45) is 11.5. The van der Waals surface area contributed by atoms with Gasteiger partial charge in [0, 0.05) is 38.9 Å². The van der Waals surface area contributed by atoms with E-state index >= 15 is 0 Å². The number of carbonyl (C=O) groups is 3. The standard InChI is InChI=1S/C28H36N4O4.2ClH/c33-26-24-20-9-10-21(16-20)25(24)27(34)32(26)18-22(36-28(35)19-6-2-1-3-7-19)17-30-12-14-31(15-13-30)23-8-4-5-11-29-23;;/h4-5,8-11,19-22,24-25H,1-3,6-7,12-18H2;2*1H/t20-,21?,22?,24-,25?;;/m0../s1. The number of anilines is 1. The molecule has 3 aliphatic carbocycles. The zero-order valence-electron chi connectivity index (χ0n) is 21.7. The van der Waals surface area contributed by atoms with Crippen molar-refractivity contribution >= 4 is 48.4 Å². The number of allylic oxidation sites excluding steroid dienone is 2. The Balaban J connectivity index is 0.00000168. The molecule has 208 valence electrons. The minimum absolute atomic E-state index is 0. The molecule has 3 heterocycles. The molecule has 2 aliphatic heterocycles. The van der Waals surface area contributed by atoms with Gasteiger partial charge in [-0.25, -0.2) is 4.98 Å². The molecule has 4 fully saturated rings. The average Bonchev–Trinajstić information content (AvgIpc) is 3.60. The van der Waals surface area contributed by atoms with Crippen LogP contribution in [-0.2, 0) is 19.1 Å². The predicted octanol–water partition coefficient (Wildman–Crippen LogP) is 3.35. The second kappa shape index (κ2) is 12.3. The van der Waals surface area contributed by atoms with E-state index in [0.29, 0.717) is 6.54 Å². The number of likely N-dealkylation sites (tertiary alicyclic amines) is 1. The highest BCUT2D eigenvalue weighted by atomic mass is 35.5. The fraction of sp³-hybridized carbons (Fsp3) is 0.643. The molecular formula is C28H38Cl2N4O4. The first kappa shape index (κ1) is 28.8. The van der Waals surface area contributed by atoms with Crippen molar-refractivity contribution in [1.29, 1.82) is 0 Å². The summed E-state index contributed by atoms with van der Waals surface area (Å²) in [5.74, 6) is 0.544. The molecule has 0 aromatic carbocycles. The molecule has 1 aromatic rings. The largest absolute Gasteiger partial charge is 0.459 e. The Morgan fingerprint density at radius 3 is 2.18 bits per heavy atom. The van der Waals surface area contributed by atoms with Crippen LogP contribution in [0.3, 0.4) is 0 Å². The molecular weight excluding hydrogens is 527 g/mol. The van der Waals surface area contributed by atoms with Crippen molar-refractivity contribution in [3.8, 4) is 0 Å². The molecule has 2 saturated heterocycles. The number of piperazine rings is 1. The van der Waals surface area contributed by atoms with Gasteiger partial charge in [-0.2, -0.15) is 0 Å². The molecule has 5 atom stereocenters. The molecule has 0 radical (unpaired) electrons. The fourth-order valence-electron chi connectivity index (χ4n) is 7.07. The summed E-state index contributed by atoms with van der Waals surface area (Å²) < 4.78 is 6.09. The third-order valence-electron chi connectivity index (χ3n) is 8.98. The first-order chi connectivity index (χ1) is 17.6. The molecule has 38 heavy (non-hydrogen) atoms. The van der Waals surface area contributed by atoms with Gasteiger partial charge in [0.05, 0.1) is 24.3 Å². The molecule has 8 nitrogen and oxygen atoms in total. The highest BCUT2D eigenvalue weighted by Gasteiger charge is 2.59. The van der Waals surface area contributed by atoms with E-state index in [2.05, 4.69) is 26.9 Å². The number of carbonyl (C=O) groups excluding carboxylic acids is 3. The third kappa shape index (κ3) is 5.58. The molecule has 2 saturated carbocycles. The first-order valence-electron chi connectivity index (χ1n) is 13.7. The van der Waals surface area contributed by atoms with Crippen LogP contribution in [0.2, 0.25) is 0 Å². The Morgan fingerprint density at radius 2 is 1.58 bits per heavy atom. The van der Waals surface area contributed by atoms with Crippen LogP contribution in [-0.4, -0.2) is 77.9 Å². The summed E-state index contributed by atoms with van der Waals surface area (Å²) in [5, 5.41) is 0. The number of hydrogen-bond acceptors (Lipinski definition) is 7. The van der Waals surface area contributed by atoms with E-state index in [9.17, 15) is 14.4 Å². The fourth-order valence-corrected chi connectivity index (χ4v) is 7.07. The lowest BCUT2D eigenvalue weighted by Crippen LogP contribution is -2.52. The lowest BCUT2D eigenvalue weighted by Gasteiger charge is -2.37. The summed E-state index contributed by atoms with van der Waals surface area (Å²) in [7, 11) is 0. The molecule has 10 heteroatoms. The molecule has 2 bridgehead atoms. The molecule has 1 aromatic heterocycles. The maximum atomic E-state index is 13.3. The number of amides is 2.